The van der Waals surface area contributed by atoms with E-state index < -0.39 is 0 Å². The van der Waals surface area contributed by atoms with Gasteiger partial charge in [-0.05, 0) is 219 Å². The van der Waals surface area contributed by atoms with E-state index in [4.69, 9.17) is 19.9 Å². The summed E-state index contributed by atoms with van der Waals surface area (Å²) in [6, 6.07) is 123. The van der Waals surface area contributed by atoms with Crippen LogP contribution in [0.4, 0.5) is 0 Å². The topological polar surface area (TPSA) is 168 Å². The normalized spacial score (nSPS) is 11.0. The maximum Gasteiger partial charge on any atom is 0.0893 e. The van der Waals surface area contributed by atoms with Crippen LogP contribution in [-0.2, 0) is 0 Å². The first-order chi connectivity index (χ1) is 59.4. The van der Waals surface area contributed by atoms with Crippen molar-refractivity contribution in [1.29, 1.82) is 0 Å². The van der Waals surface area contributed by atoms with Gasteiger partial charge >= 0.3 is 0 Å². The van der Waals surface area contributed by atoms with E-state index in [9.17, 15) is 0 Å². The van der Waals surface area contributed by atoms with Crippen molar-refractivity contribution in [2.75, 3.05) is 0 Å². The molecule has 0 unspecified atom stereocenters. The summed E-state index contributed by atoms with van der Waals surface area (Å²) >= 11 is 0. The van der Waals surface area contributed by atoms with Gasteiger partial charge in [0.05, 0.1) is 79.7 Å². The molecule has 0 saturated carbocycles. The Morgan fingerprint density at radius 3 is 0.542 bits per heavy atom. The molecular formula is C107H71N13. The van der Waals surface area contributed by atoms with E-state index in [0.29, 0.717) is 0 Å². The molecule has 13 aromatic heterocycles. The average Bonchev–Trinajstić information content (AvgIpc) is 0.791. The fraction of sp³-hybridized carbons (Fsp3) is 0. The van der Waals surface area contributed by atoms with Gasteiger partial charge in [-0.2, -0.15) is 0 Å². The van der Waals surface area contributed by atoms with Crippen molar-refractivity contribution in [2.45, 2.75) is 0 Å². The quantitative estimate of drug-likeness (QED) is 0.0797. The van der Waals surface area contributed by atoms with Crippen molar-refractivity contribution in [3.63, 3.8) is 0 Å². The minimum absolute atomic E-state index is 0.835. The van der Waals surface area contributed by atoms with E-state index in [2.05, 4.69) is 239 Å². The minimum atomic E-state index is 0.835. The molecule has 0 radical (unpaired) electrons. The van der Waals surface area contributed by atoms with Crippen LogP contribution >= 0.6 is 0 Å². The van der Waals surface area contributed by atoms with Crippen LogP contribution in [0.2, 0.25) is 0 Å². The van der Waals surface area contributed by atoms with Crippen molar-refractivity contribution in [3.05, 3.63) is 432 Å². The van der Waals surface area contributed by atoms with Gasteiger partial charge in [-0.25, -0.2) is 19.9 Å². The number of nitrogens with zero attached hydrogens (tertiary/aromatic N) is 13. The Balaban J connectivity index is 0.000000159. The van der Waals surface area contributed by atoms with Crippen LogP contribution in [0.3, 0.4) is 0 Å². The lowest BCUT2D eigenvalue weighted by Gasteiger charge is -2.13. The van der Waals surface area contributed by atoms with E-state index in [-0.39, 0.29) is 0 Å². The van der Waals surface area contributed by atoms with E-state index >= 15 is 0 Å². The van der Waals surface area contributed by atoms with Crippen molar-refractivity contribution >= 4 is 0 Å². The molecule has 13 heteroatoms. The Bertz CT molecular complexity index is 5820. The van der Waals surface area contributed by atoms with E-state index in [1.165, 1.54) is 0 Å². The Morgan fingerprint density at radius 1 is 0.108 bits per heavy atom. The highest BCUT2D eigenvalue weighted by Gasteiger charge is 2.17. The van der Waals surface area contributed by atoms with Crippen molar-refractivity contribution in [2.24, 2.45) is 0 Å². The van der Waals surface area contributed by atoms with Crippen LogP contribution in [0.25, 0.3) is 202 Å². The Kier molecular flexibility index (Phi) is 21.0. The minimum Gasteiger partial charge on any atom is -0.263 e. The smallest absolute Gasteiger partial charge is 0.0893 e. The molecule has 0 N–H and O–H groups in total. The van der Waals surface area contributed by atoms with Crippen molar-refractivity contribution in [3.8, 4) is 202 Å². The first kappa shape index (κ1) is 73.7. The van der Waals surface area contributed by atoms with Crippen LogP contribution in [0.1, 0.15) is 0 Å². The molecule has 0 fully saturated rings. The van der Waals surface area contributed by atoms with Crippen LogP contribution in [0.5, 0.6) is 0 Å². The average molecular weight is 1540 g/mol. The van der Waals surface area contributed by atoms with Gasteiger partial charge in [0.15, 0.2) is 0 Å². The highest BCUT2D eigenvalue weighted by molar-refractivity contribution is 5.86. The second kappa shape index (κ2) is 34.3. The second-order valence-electron chi connectivity index (χ2n) is 28.8. The summed E-state index contributed by atoms with van der Waals surface area (Å²) in [6.45, 7) is 0. The zero-order valence-corrected chi connectivity index (χ0v) is 64.8. The first-order valence-electron chi connectivity index (χ1n) is 39.5. The SMILES string of the molecule is c1ccc(-c2cccc(-c3ccc(-c4cc(-c5ccc(-c6cccc(-c7ccccn7)n6)cc5)nc(-c5ccc(-c6cccc(-c7ccccn7)n6)cc5)c4)cc3)n2)nc1.c1ccc(-c2cncc(-c3ccc(-c4cc(-c5ccc(-c6cncc(-c7ccccn7)c6)cc5)cc(-c5ccc(-c6cncc(-c7ccccn7)c6)cc5)c4)cc3)c2)nc1. The summed E-state index contributed by atoms with van der Waals surface area (Å²) in [5, 5.41) is 0. The first-order valence-corrected chi connectivity index (χ1v) is 39.5. The lowest BCUT2D eigenvalue weighted by molar-refractivity contribution is 1.25. The molecule has 564 valence electrons. The Morgan fingerprint density at radius 2 is 0.292 bits per heavy atom. The summed E-state index contributed by atoms with van der Waals surface area (Å²) in [4.78, 5) is 60.7. The molecule has 0 aliphatic carbocycles. The van der Waals surface area contributed by atoms with Crippen LogP contribution in [0.15, 0.2) is 432 Å². The Hall–Kier alpha value is -16.5. The molecule has 0 spiro atoms. The molecule has 13 heterocycles. The van der Waals surface area contributed by atoms with Gasteiger partial charge in [0, 0.05) is 136 Å². The molecule has 20 rings (SSSR count). The van der Waals surface area contributed by atoms with E-state index in [1.54, 1.807) is 18.6 Å². The van der Waals surface area contributed by atoms with Gasteiger partial charge in [0.25, 0.3) is 0 Å². The monoisotopic (exact) mass is 1540 g/mol. The molecule has 0 aliphatic rings. The van der Waals surface area contributed by atoms with Crippen molar-refractivity contribution < 1.29 is 0 Å². The third-order valence-corrected chi connectivity index (χ3v) is 21.0. The molecular weight excluding hydrogens is 1470 g/mol. The second-order valence-corrected chi connectivity index (χ2v) is 28.8. The van der Waals surface area contributed by atoms with Gasteiger partial charge in [0.2, 0.25) is 0 Å². The van der Waals surface area contributed by atoms with Gasteiger partial charge in [-0.1, -0.05) is 200 Å². The highest BCUT2D eigenvalue weighted by Crippen LogP contribution is 2.39. The maximum absolute atomic E-state index is 5.25. The lowest BCUT2D eigenvalue weighted by atomic mass is 9.91. The van der Waals surface area contributed by atoms with E-state index in [1.807, 2.05) is 220 Å². The molecule has 20 aromatic rings. The highest BCUT2D eigenvalue weighted by atomic mass is 14.8. The van der Waals surface area contributed by atoms with Crippen LogP contribution < -0.4 is 0 Å². The largest absolute Gasteiger partial charge is 0.263 e. The number of hydrogen-bond donors (Lipinski definition) is 0. The molecule has 0 atom stereocenters. The van der Waals surface area contributed by atoms with Gasteiger partial charge < -0.3 is 0 Å². The summed E-state index contributed by atoms with van der Waals surface area (Å²) in [7, 11) is 0. The molecule has 0 aliphatic heterocycles. The maximum atomic E-state index is 5.25. The molecule has 7 aromatic carbocycles. The summed E-state index contributed by atoms with van der Waals surface area (Å²) in [6.07, 6.45) is 22.1. The molecule has 0 saturated heterocycles. The number of pyridine rings is 13. The predicted molar refractivity (Wildman–Crippen MR) is 482 cm³/mol. The third kappa shape index (κ3) is 16.7. The van der Waals surface area contributed by atoms with Gasteiger partial charge in [0.1, 0.15) is 0 Å². The van der Waals surface area contributed by atoms with Crippen LogP contribution in [-0.4, -0.2) is 64.8 Å². The predicted octanol–water partition coefficient (Wildman–Crippen LogP) is 25.5. The fourth-order valence-electron chi connectivity index (χ4n) is 14.7. The zero-order valence-electron chi connectivity index (χ0n) is 64.8. The van der Waals surface area contributed by atoms with Gasteiger partial charge in [-0.3, -0.25) is 44.9 Å². The Labute approximate surface area is 694 Å². The third-order valence-electron chi connectivity index (χ3n) is 21.0. The number of aromatic nitrogens is 13. The summed E-state index contributed by atoms with van der Waals surface area (Å²) < 4.78 is 0. The summed E-state index contributed by atoms with van der Waals surface area (Å²) in [5.74, 6) is 0. The molecule has 13 nitrogen and oxygen atoms in total. The summed E-state index contributed by atoms with van der Waals surface area (Å²) in [5.41, 5.74) is 35.4. The number of hydrogen-bond acceptors (Lipinski definition) is 13. The van der Waals surface area contributed by atoms with Crippen LogP contribution in [0, 0.1) is 0 Å². The standard InChI is InChI=1S/C54H36N6.C53H35N7/c1-4-22-58-52(7-1)49-28-46(31-55-34-49)40-16-10-37(11-17-40)43-25-44(38-12-18-41(19-13-38)47-29-50(35-56-32-47)53-8-2-5-23-59-53)27-45(26-43)39-14-20-42(21-15-39)48-30-51(36-57-33-48)54-9-3-6-24-60-54;1-4-31-54-46(10-1)49-16-7-13-43(57-49)37-21-19-36(20-22-37)42-34-52(40-27-23-38(24-28-40)44-14-8-17-50(58-44)47-11-2-5-32-55-47)60-53(35-42)41-29-25-39(26-30-41)45-15-9-18-51(59-45)48-12-3-6-33-56-48/h1-36H;1-35H. The van der Waals surface area contributed by atoms with Crippen molar-refractivity contribution in [1.82, 2.24) is 64.8 Å². The number of benzene rings is 7. The van der Waals surface area contributed by atoms with E-state index in [0.717, 1.165) is 202 Å². The molecule has 0 amide bonds. The number of rotatable bonds is 18. The zero-order chi connectivity index (χ0) is 80.2. The lowest BCUT2D eigenvalue weighted by Crippen LogP contribution is -1.93. The van der Waals surface area contributed by atoms with Gasteiger partial charge in [-0.15, -0.1) is 0 Å². The molecule has 120 heavy (non-hydrogen) atoms. The molecule has 0 bridgehead atoms. The fourth-order valence-corrected chi connectivity index (χ4v) is 14.7.